The maximum Gasteiger partial charge on any atom is 0.258 e. The van der Waals surface area contributed by atoms with Gasteiger partial charge in [-0.2, -0.15) is 4.98 Å². The van der Waals surface area contributed by atoms with Gasteiger partial charge in [0.25, 0.3) is 5.56 Å². The normalized spacial score (nSPS) is 17.2. The molecule has 9 heteroatoms. The molecule has 0 aliphatic carbocycles. The molecule has 1 atom stereocenters. The van der Waals surface area contributed by atoms with Crippen molar-refractivity contribution in [2.45, 2.75) is 25.3 Å². The van der Waals surface area contributed by atoms with E-state index in [1.54, 1.807) is 6.07 Å². The lowest BCUT2D eigenvalue weighted by Gasteiger charge is -2.30. The van der Waals surface area contributed by atoms with Gasteiger partial charge in [0.2, 0.25) is 17.8 Å². The second-order valence-electron chi connectivity index (χ2n) is 7.87. The molecule has 8 nitrogen and oxygen atoms in total. The highest BCUT2D eigenvalue weighted by Gasteiger charge is 2.35. The molecule has 162 valence electrons. The molecule has 2 aliphatic rings. The molecule has 0 unspecified atom stereocenters. The number of nitrogens with zero attached hydrogens (tertiary/aromatic N) is 2. The number of anilines is 3. The smallest absolute Gasteiger partial charge is 0.258 e. The molecule has 0 radical (unpaired) electrons. The summed E-state index contributed by atoms with van der Waals surface area (Å²) in [6.45, 7) is 1.23. The summed E-state index contributed by atoms with van der Waals surface area (Å²) in [6, 6.07) is 13.8. The number of aromatic amines is 1. The van der Waals surface area contributed by atoms with Gasteiger partial charge in [0.1, 0.15) is 11.6 Å². The van der Waals surface area contributed by atoms with Crippen molar-refractivity contribution in [2.75, 3.05) is 22.1 Å². The zero-order chi connectivity index (χ0) is 22.2. The van der Waals surface area contributed by atoms with Crippen molar-refractivity contribution < 1.29 is 14.0 Å². The SMILES string of the molecule is O=C1C[C@@H](C(=O)Nc2ccccc2F)c2c(nc(N3CCc4ccccc4C3)[nH]c2=O)N1. The first-order valence-electron chi connectivity index (χ1n) is 10.3. The topological polar surface area (TPSA) is 107 Å². The van der Waals surface area contributed by atoms with Crippen molar-refractivity contribution in [2.24, 2.45) is 0 Å². The number of amides is 2. The van der Waals surface area contributed by atoms with Crippen molar-refractivity contribution in [1.82, 2.24) is 9.97 Å². The van der Waals surface area contributed by atoms with Gasteiger partial charge in [0.15, 0.2) is 0 Å². The van der Waals surface area contributed by atoms with Crippen LogP contribution in [0.3, 0.4) is 0 Å². The van der Waals surface area contributed by atoms with Crippen LogP contribution in [0.5, 0.6) is 0 Å². The molecule has 3 N–H and O–H groups in total. The Morgan fingerprint density at radius 2 is 1.84 bits per heavy atom. The van der Waals surface area contributed by atoms with E-state index in [0.29, 0.717) is 19.0 Å². The number of fused-ring (bicyclic) bond motifs is 2. The quantitative estimate of drug-likeness (QED) is 0.589. The van der Waals surface area contributed by atoms with Gasteiger partial charge in [0.05, 0.1) is 17.2 Å². The van der Waals surface area contributed by atoms with Crippen LogP contribution in [0.1, 0.15) is 29.0 Å². The van der Waals surface area contributed by atoms with Gasteiger partial charge in [-0.05, 0) is 29.7 Å². The summed E-state index contributed by atoms with van der Waals surface area (Å²) >= 11 is 0. The van der Waals surface area contributed by atoms with Gasteiger partial charge in [-0.25, -0.2) is 4.39 Å². The van der Waals surface area contributed by atoms with Crippen molar-refractivity contribution in [3.8, 4) is 0 Å². The highest BCUT2D eigenvalue weighted by atomic mass is 19.1. The molecule has 32 heavy (non-hydrogen) atoms. The van der Waals surface area contributed by atoms with E-state index in [9.17, 15) is 18.8 Å². The van der Waals surface area contributed by atoms with E-state index in [2.05, 4.69) is 26.7 Å². The first kappa shape index (κ1) is 19.9. The lowest BCUT2D eigenvalue weighted by Crippen LogP contribution is -2.39. The summed E-state index contributed by atoms with van der Waals surface area (Å²) in [5.41, 5.74) is 1.95. The second kappa shape index (κ2) is 7.92. The van der Waals surface area contributed by atoms with E-state index < -0.39 is 29.1 Å². The molecular weight excluding hydrogens is 413 g/mol. The monoisotopic (exact) mass is 433 g/mol. The Morgan fingerprint density at radius 3 is 2.66 bits per heavy atom. The zero-order valence-corrected chi connectivity index (χ0v) is 17.0. The zero-order valence-electron chi connectivity index (χ0n) is 17.0. The molecule has 1 aromatic heterocycles. The minimum Gasteiger partial charge on any atom is -0.338 e. The maximum absolute atomic E-state index is 14.0. The molecule has 0 bridgehead atoms. The molecule has 3 heterocycles. The number of aromatic nitrogens is 2. The maximum atomic E-state index is 14.0. The fourth-order valence-electron chi connectivity index (χ4n) is 4.19. The predicted molar refractivity (Wildman–Crippen MR) is 117 cm³/mol. The Morgan fingerprint density at radius 1 is 1.09 bits per heavy atom. The van der Waals surface area contributed by atoms with Crippen LogP contribution in [0.4, 0.5) is 21.8 Å². The van der Waals surface area contributed by atoms with Gasteiger partial charge in [-0.15, -0.1) is 0 Å². The van der Waals surface area contributed by atoms with Gasteiger partial charge in [-0.3, -0.25) is 19.4 Å². The Kier molecular flexibility index (Phi) is 4.93. The number of carbonyl (C=O) groups excluding carboxylic acids is 2. The molecule has 0 fully saturated rings. The van der Waals surface area contributed by atoms with Crippen LogP contribution in [0, 0.1) is 5.82 Å². The summed E-state index contributed by atoms with van der Waals surface area (Å²) < 4.78 is 14.0. The third kappa shape index (κ3) is 3.62. The molecule has 0 spiro atoms. The van der Waals surface area contributed by atoms with Crippen LogP contribution in [0.15, 0.2) is 53.3 Å². The largest absolute Gasteiger partial charge is 0.338 e. The number of nitrogens with one attached hydrogen (secondary N) is 3. The summed E-state index contributed by atoms with van der Waals surface area (Å²) in [4.78, 5) is 47.3. The fraction of sp³-hybridized carbons (Fsp3) is 0.217. The van der Waals surface area contributed by atoms with Crippen molar-refractivity contribution in [3.05, 3.63) is 81.4 Å². The Labute approximate surface area is 182 Å². The minimum atomic E-state index is -1.08. The molecule has 0 saturated carbocycles. The number of hydrogen-bond donors (Lipinski definition) is 3. The van der Waals surface area contributed by atoms with E-state index in [1.165, 1.54) is 23.8 Å². The first-order chi connectivity index (χ1) is 15.5. The standard InChI is InChI=1S/C23H20FN5O3/c24-16-7-3-4-8-17(16)25-21(31)15-11-18(30)26-20-19(15)22(32)28-23(27-20)29-10-9-13-5-1-2-6-14(13)12-29/h1-8,15H,9-12H2,(H,25,31)(H2,26,27,28,30,32)/t15-/m1/s1. The lowest BCUT2D eigenvalue weighted by molar-refractivity contribution is -0.123. The highest BCUT2D eigenvalue weighted by Crippen LogP contribution is 2.31. The number of hydrogen-bond acceptors (Lipinski definition) is 5. The van der Waals surface area contributed by atoms with Gasteiger partial charge < -0.3 is 15.5 Å². The van der Waals surface area contributed by atoms with Gasteiger partial charge >= 0.3 is 0 Å². The number of para-hydroxylation sites is 1. The molecule has 5 rings (SSSR count). The fourth-order valence-corrected chi connectivity index (χ4v) is 4.19. The Balaban J connectivity index is 1.46. The Bertz CT molecular complexity index is 1290. The van der Waals surface area contributed by atoms with Gasteiger partial charge in [-0.1, -0.05) is 36.4 Å². The summed E-state index contributed by atoms with van der Waals surface area (Å²) in [6.07, 6.45) is 0.575. The van der Waals surface area contributed by atoms with E-state index in [4.69, 9.17) is 0 Å². The second-order valence-corrected chi connectivity index (χ2v) is 7.87. The number of H-pyrrole nitrogens is 1. The van der Waals surface area contributed by atoms with Crippen LogP contribution in [0.25, 0.3) is 0 Å². The average molecular weight is 433 g/mol. The number of carbonyl (C=O) groups is 2. The third-order valence-electron chi connectivity index (χ3n) is 5.82. The van der Waals surface area contributed by atoms with Crippen LogP contribution in [-0.4, -0.2) is 28.3 Å². The average Bonchev–Trinajstić information content (AvgIpc) is 2.79. The number of benzene rings is 2. The van der Waals surface area contributed by atoms with Crippen LogP contribution in [0.2, 0.25) is 0 Å². The third-order valence-corrected chi connectivity index (χ3v) is 5.82. The molecular formula is C23H20FN5O3. The molecule has 3 aromatic rings. The molecule has 0 saturated heterocycles. The number of halogens is 1. The lowest BCUT2D eigenvalue weighted by atomic mass is 9.92. The number of rotatable bonds is 3. The van der Waals surface area contributed by atoms with E-state index in [0.717, 1.165) is 12.0 Å². The van der Waals surface area contributed by atoms with Crippen LogP contribution < -0.4 is 21.1 Å². The molecule has 2 aliphatic heterocycles. The van der Waals surface area contributed by atoms with E-state index in [1.807, 2.05) is 23.1 Å². The summed E-state index contributed by atoms with van der Waals surface area (Å²) in [5.74, 6) is -2.36. The molecule has 2 amide bonds. The van der Waals surface area contributed by atoms with Crippen molar-refractivity contribution >= 4 is 29.3 Å². The summed E-state index contributed by atoms with van der Waals surface area (Å²) in [5, 5.41) is 5.08. The predicted octanol–water partition coefficient (Wildman–Crippen LogP) is 2.54. The summed E-state index contributed by atoms with van der Waals surface area (Å²) in [7, 11) is 0. The van der Waals surface area contributed by atoms with Crippen molar-refractivity contribution in [1.29, 1.82) is 0 Å². The molecule has 2 aromatic carbocycles. The van der Waals surface area contributed by atoms with E-state index >= 15 is 0 Å². The van der Waals surface area contributed by atoms with Crippen molar-refractivity contribution in [3.63, 3.8) is 0 Å². The Hall–Kier alpha value is -4.01. The van der Waals surface area contributed by atoms with Crippen LogP contribution >= 0.6 is 0 Å². The highest BCUT2D eigenvalue weighted by molar-refractivity contribution is 6.04. The van der Waals surface area contributed by atoms with Crippen LogP contribution in [-0.2, 0) is 22.6 Å². The van der Waals surface area contributed by atoms with Gasteiger partial charge in [0, 0.05) is 19.5 Å². The van der Waals surface area contributed by atoms with E-state index in [-0.39, 0.29) is 23.5 Å². The first-order valence-corrected chi connectivity index (χ1v) is 10.3. The minimum absolute atomic E-state index is 0.0157.